The Bertz CT molecular complexity index is 717. The SMILES string of the molecule is CCOC(=O)C(/C=C/c1ccccc1)(Cc1ccccc1)C(=O)OCC. The highest BCUT2D eigenvalue weighted by Gasteiger charge is 2.46. The van der Waals surface area contributed by atoms with E-state index in [0.717, 1.165) is 11.1 Å². The summed E-state index contributed by atoms with van der Waals surface area (Å²) in [5.74, 6) is -1.20. The first kappa shape index (κ1) is 19.4. The van der Waals surface area contributed by atoms with E-state index in [0.29, 0.717) is 0 Å². The Morgan fingerprint density at radius 1 is 0.846 bits per heavy atom. The molecular weight excluding hydrogens is 328 g/mol. The summed E-state index contributed by atoms with van der Waals surface area (Å²) >= 11 is 0. The van der Waals surface area contributed by atoms with Crippen molar-refractivity contribution in [2.75, 3.05) is 13.2 Å². The van der Waals surface area contributed by atoms with Gasteiger partial charge in [0.2, 0.25) is 0 Å². The van der Waals surface area contributed by atoms with Gasteiger partial charge in [0.25, 0.3) is 0 Å². The monoisotopic (exact) mass is 352 g/mol. The molecule has 136 valence electrons. The predicted octanol–water partition coefficient (Wildman–Crippen LogP) is 4.06. The van der Waals surface area contributed by atoms with Crippen molar-refractivity contribution < 1.29 is 19.1 Å². The van der Waals surface area contributed by atoms with Gasteiger partial charge in [0.1, 0.15) is 0 Å². The molecule has 0 N–H and O–H groups in total. The van der Waals surface area contributed by atoms with Crippen LogP contribution in [0.15, 0.2) is 66.7 Å². The molecule has 0 aliphatic carbocycles. The number of esters is 2. The zero-order valence-electron chi connectivity index (χ0n) is 15.2. The van der Waals surface area contributed by atoms with E-state index in [-0.39, 0.29) is 19.6 Å². The Morgan fingerprint density at radius 2 is 1.35 bits per heavy atom. The molecule has 4 heteroatoms. The molecule has 0 unspecified atom stereocenters. The molecular formula is C22H24O4. The number of hydrogen-bond donors (Lipinski definition) is 0. The fraction of sp³-hybridized carbons (Fsp3) is 0.273. The lowest BCUT2D eigenvalue weighted by Gasteiger charge is -2.26. The average molecular weight is 352 g/mol. The standard InChI is InChI=1S/C22H24O4/c1-3-25-20(23)22(21(24)26-4-2,17-19-13-9-6-10-14-19)16-15-18-11-7-5-8-12-18/h5-16H,3-4,17H2,1-2H3/b16-15+. The van der Waals surface area contributed by atoms with Crippen molar-refractivity contribution in [3.05, 3.63) is 77.9 Å². The Hall–Kier alpha value is -2.88. The third-order valence-electron chi connectivity index (χ3n) is 3.97. The largest absolute Gasteiger partial charge is 0.465 e. The van der Waals surface area contributed by atoms with Crippen LogP contribution < -0.4 is 0 Å². The van der Waals surface area contributed by atoms with Gasteiger partial charge in [-0.25, -0.2) is 0 Å². The van der Waals surface area contributed by atoms with E-state index in [1.807, 2.05) is 60.7 Å². The average Bonchev–Trinajstić information content (AvgIpc) is 2.67. The van der Waals surface area contributed by atoms with E-state index in [1.54, 1.807) is 26.0 Å². The summed E-state index contributed by atoms with van der Waals surface area (Å²) < 4.78 is 10.5. The Morgan fingerprint density at radius 3 is 1.85 bits per heavy atom. The van der Waals surface area contributed by atoms with Crippen LogP contribution in [0.5, 0.6) is 0 Å². The Labute approximate surface area is 154 Å². The summed E-state index contributed by atoms with van der Waals surface area (Å²) in [7, 11) is 0. The van der Waals surface area contributed by atoms with Gasteiger partial charge in [-0.05, 0) is 25.0 Å². The smallest absolute Gasteiger partial charge is 0.327 e. The van der Waals surface area contributed by atoms with E-state index >= 15 is 0 Å². The lowest BCUT2D eigenvalue weighted by Crippen LogP contribution is -2.42. The maximum atomic E-state index is 12.8. The second kappa shape index (κ2) is 9.56. The quantitative estimate of drug-likeness (QED) is 0.531. The van der Waals surface area contributed by atoms with Gasteiger partial charge in [0, 0.05) is 6.42 Å². The van der Waals surface area contributed by atoms with E-state index < -0.39 is 17.4 Å². The van der Waals surface area contributed by atoms with Crippen molar-refractivity contribution in [2.24, 2.45) is 5.41 Å². The van der Waals surface area contributed by atoms with Gasteiger partial charge in [-0.2, -0.15) is 0 Å². The molecule has 0 aromatic heterocycles. The molecule has 0 atom stereocenters. The zero-order valence-corrected chi connectivity index (χ0v) is 15.2. The summed E-state index contributed by atoms with van der Waals surface area (Å²) in [5.41, 5.74) is 0.216. The van der Waals surface area contributed by atoms with E-state index in [1.165, 1.54) is 0 Å². The number of rotatable bonds is 8. The van der Waals surface area contributed by atoms with Gasteiger partial charge in [0.15, 0.2) is 5.41 Å². The van der Waals surface area contributed by atoms with Crippen LogP contribution in [-0.2, 0) is 25.5 Å². The van der Waals surface area contributed by atoms with Crippen LogP contribution in [0.1, 0.15) is 25.0 Å². The fourth-order valence-electron chi connectivity index (χ4n) is 2.66. The van der Waals surface area contributed by atoms with Gasteiger partial charge in [-0.1, -0.05) is 72.8 Å². The van der Waals surface area contributed by atoms with Crippen molar-refractivity contribution in [2.45, 2.75) is 20.3 Å². The molecule has 26 heavy (non-hydrogen) atoms. The fourth-order valence-corrected chi connectivity index (χ4v) is 2.66. The Balaban J connectivity index is 2.49. The normalized spacial score (nSPS) is 11.3. The highest BCUT2D eigenvalue weighted by Crippen LogP contribution is 2.30. The van der Waals surface area contributed by atoms with Crippen molar-refractivity contribution in [3.63, 3.8) is 0 Å². The molecule has 2 aromatic rings. The molecule has 0 saturated heterocycles. The first-order valence-electron chi connectivity index (χ1n) is 8.75. The molecule has 0 aliphatic heterocycles. The summed E-state index contributed by atoms with van der Waals surface area (Å²) in [6.45, 7) is 3.82. The van der Waals surface area contributed by atoms with Gasteiger partial charge >= 0.3 is 11.9 Å². The minimum absolute atomic E-state index is 0.175. The van der Waals surface area contributed by atoms with Crippen LogP contribution >= 0.6 is 0 Å². The summed E-state index contributed by atoms with van der Waals surface area (Å²) in [6.07, 6.45) is 3.54. The maximum absolute atomic E-state index is 12.8. The molecule has 0 fully saturated rings. The maximum Gasteiger partial charge on any atom is 0.327 e. The van der Waals surface area contributed by atoms with Gasteiger partial charge in [-0.3, -0.25) is 9.59 Å². The lowest BCUT2D eigenvalue weighted by atomic mass is 9.80. The van der Waals surface area contributed by atoms with Crippen LogP contribution in [0.3, 0.4) is 0 Å². The number of hydrogen-bond acceptors (Lipinski definition) is 4. The minimum atomic E-state index is -1.52. The molecule has 2 rings (SSSR count). The van der Waals surface area contributed by atoms with Crippen LogP contribution in [0.4, 0.5) is 0 Å². The summed E-state index contributed by atoms with van der Waals surface area (Å²) in [4.78, 5) is 25.7. The summed E-state index contributed by atoms with van der Waals surface area (Å²) in [6, 6.07) is 18.9. The summed E-state index contributed by atoms with van der Waals surface area (Å²) in [5, 5.41) is 0. The molecule has 2 aromatic carbocycles. The van der Waals surface area contributed by atoms with Crippen LogP contribution in [0, 0.1) is 5.41 Å². The van der Waals surface area contributed by atoms with Crippen LogP contribution in [-0.4, -0.2) is 25.2 Å². The first-order chi connectivity index (χ1) is 12.6. The second-order valence-corrected chi connectivity index (χ2v) is 5.82. The number of benzene rings is 2. The zero-order chi connectivity index (χ0) is 18.8. The van der Waals surface area contributed by atoms with Gasteiger partial charge in [0.05, 0.1) is 13.2 Å². The number of ether oxygens (including phenoxy) is 2. The molecule has 0 amide bonds. The van der Waals surface area contributed by atoms with Crippen LogP contribution in [0.2, 0.25) is 0 Å². The minimum Gasteiger partial charge on any atom is -0.465 e. The highest BCUT2D eigenvalue weighted by atomic mass is 16.6. The molecule has 0 spiro atoms. The first-order valence-corrected chi connectivity index (χ1v) is 8.75. The van der Waals surface area contributed by atoms with Crippen molar-refractivity contribution in [1.29, 1.82) is 0 Å². The lowest BCUT2D eigenvalue weighted by molar-refractivity contribution is -0.167. The van der Waals surface area contributed by atoms with E-state index in [2.05, 4.69) is 0 Å². The third kappa shape index (κ3) is 4.82. The topological polar surface area (TPSA) is 52.6 Å². The molecule has 0 bridgehead atoms. The Kier molecular flexibility index (Phi) is 7.15. The van der Waals surface area contributed by atoms with Crippen LogP contribution in [0.25, 0.3) is 6.08 Å². The van der Waals surface area contributed by atoms with Crippen molar-refractivity contribution in [1.82, 2.24) is 0 Å². The van der Waals surface area contributed by atoms with E-state index in [9.17, 15) is 9.59 Å². The molecule has 0 saturated carbocycles. The predicted molar refractivity (Wildman–Crippen MR) is 101 cm³/mol. The number of carbonyl (C=O) groups excluding carboxylic acids is 2. The molecule has 0 radical (unpaired) electrons. The van der Waals surface area contributed by atoms with Crippen molar-refractivity contribution >= 4 is 18.0 Å². The molecule has 0 heterocycles. The van der Waals surface area contributed by atoms with E-state index in [4.69, 9.17) is 9.47 Å². The molecule has 0 aliphatic rings. The molecule has 4 nitrogen and oxygen atoms in total. The van der Waals surface area contributed by atoms with Gasteiger partial charge in [-0.15, -0.1) is 0 Å². The third-order valence-corrected chi connectivity index (χ3v) is 3.97. The highest BCUT2D eigenvalue weighted by molar-refractivity contribution is 6.03. The van der Waals surface area contributed by atoms with Gasteiger partial charge < -0.3 is 9.47 Å². The number of carbonyl (C=O) groups is 2. The van der Waals surface area contributed by atoms with Crippen molar-refractivity contribution in [3.8, 4) is 0 Å². The second-order valence-electron chi connectivity index (χ2n) is 5.82.